The molecule has 1 aliphatic carbocycles. The molecule has 0 bridgehead atoms. The molecule has 1 rings (SSSR count). The summed E-state index contributed by atoms with van der Waals surface area (Å²) in [4.78, 5) is 0. The summed E-state index contributed by atoms with van der Waals surface area (Å²) in [7, 11) is 0. The van der Waals surface area contributed by atoms with Crippen LogP contribution in [0.2, 0.25) is 0 Å². The van der Waals surface area contributed by atoms with Crippen LogP contribution in [0.15, 0.2) is 154 Å². The molecule has 0 heteroatoms. The zero-order chi connectivity index (χ0) is 29.9. The summed E-state index contributed by atoms with van der Waals surface area (Å²) < 4.78 is 0. The predicted molar refractivity (Wildman–Crippen MR) is 183 cm³/mol. The molecule has 2 unspecified atom stereocenters. The van der Waals surface area contributed by atoms with Gasteiger partial charge in [0.25, 0.3) is 0 Å². The van der Waals surface area contributed by atoms with Crippen LogP contribution in [0.4, 0.5) is 0 Å². The van der Waals surface area contributed by atoms with E-state index >= 15 is 0 Å². The SMILES string of the molecule is CC(C)=CCC/C(C)=C/C=C/C(C)=C/C=C/C(C)=C/C=C/C=C(C)/C=C/C=C(C)/C=C/C1=C(C)C=CC(C)C1C. The van der Waals surface area contributed by atoms with Crippen LogP contribution in [0, 0.1) is 11.8 Å². The molecule has 0 amide bonds. The fourth-order valence-corrected chi connectivity index (χ4v) is 4.08. The number of allylic oxidation sites excluding steroid dienone is 26. The van der Waals surface area contributed by atoms with Crippen LogP contribution in [0.25, 0.3) is 0 Å². The standard InChI is InChI=1S/C40H54/c1-31(2)17-13-20-34(5)23-15-25-35(6)24-14-21-32(3)18-11-12-19-33(4)22-16-26-36(7)27-30-40-38(9)29-28-37(8)39(40)10/h11-12,14-19,21-30,37,39H,13,20H2,1-10H3/b12-11+,21-14+,22-16+,25-15+,30-27+,32-18+,33-19+,34-23+,35-24+,36-26+. The Balaban J connectivity index is 2.57. The largest absolute Gasteiger partial charge is 0.0856 e. The van der Waals surface area contributed by atoms with Gasteiger partial charge in [-0.05, 0) is 91.2 Å². The Hall–Kier alpha value is -3.38. The molecular formula is C40H54. The maximum absolute atomic E-state index is 2.32. The van der Waals surface area contributed by atoms with Crippen molar-refractivity contribution >= 4 is 0 Å². The second-order valence-corrected chi connectivity index (χ2v) is 11.4. The Morgan fingerprint density at radius 3 is 1.65 bits per heavy atom. The van der Waals surface area contributed by atoms with E-state index in [4.69, 9.17) is 0 Å². The van der Waals surface area contributed by atoms with Crippen LogP contribution >= 0.6 is 0 Å². The molecule has 0 saturated heterocycles. The Morgan fingerprint density at radius 2 is 1.12 bits per heavy atom. The molecule has 0 aliphatic heterocycles. The molecule has 0 fully saturated rings. The summed E-state index contributed by atoms with van der Waals surface area (Å²) in [5.74, 6) is 1.16. The van der Waals surface area contributed by atoms with Gasteiger partial charge in [0.2, 0.25) is 0 Å². The third-order valence-corrected chi connectivity index (χ3v) is 7.01. The average molecular weight is 535 g/mol. The highest BCUT2D eigenvalue weighted by atomic mass is 14.2. The van der Waals surface area contributed by atoms with Gasteiger partial charge >= 0.3 is 0 Å². The van der Waals surface area contributed by atoms with Crippen molar-refractivity contribution < 1.29 is 0 Å². The van der Waals surface area contributed by atoms with Gasteiger partial charge in [0, 0.05) is 0 Å². The lowest BCUT2D eigenvalue weighted by molar-refractivity contribution is 0.528. The molecule has 0 aromatic carbocycles. The lowest BCUT2D eigenvalue weighted by atomic mass is 9.81. The highest BCUT2D eigenvalue weighted by Gasteiger charge is 2.17. The summed E-state index contributed by atoms with van der Waals surface area (Å²) in [6.45, 7) is 21.9. The van der Waals surface area contributed by atoms with Crippen LogP contribution in [-0.2, 0) is 0 Å². The van der Waals surface area contributed by atoms with Crippen LogP contribution in [-0.4, -0.2) is 0 Å². The van der Waals surface area contributed by atoms with Crippen LogP contribution < -0.4 is 0 Å². The first-order chi connectivity index (χ1) is 19.0. The van der Waals surface area contributed by atoms with E-state index in [0.29, 0.717) is 11.8 Å². The van der Waals surface area contributed by atoms with Gasteiger partial charge in [-0.3, -0.25) is 0 Å². The van der Waals surface area contributed by atoms with Gasteiger partial charge in [-0.1, -0.05) is 157 Å². The van der Waals surface area contributed by atoms with E-state index in [9.17, 15) is 0 Å². The molecule has 0 nitrogen and oxygen atoms in total. The van der Waals surface area contributed by atoms with Crippen molar-refractivity contribution in [1.29, 1.82) is 0 Å². The first-order valence-corrected chi connectivity index (χ1v) is 14.8. The van der Waals surface area contributed by atoms with E-state index in [-0.39, 0.29) is 0 Å². The third kappa shape index (κ3) is 15.9. The topological polar surface area (TPSA) is 0 Å². The van der Waals surface area contributed by atoms with Gasteiger partial charge in [0.15, 0.2) is 0 Å². The van der Waals surface area contributed by atoms with Crippen molar-refractivity contribution in [2.75, 3.05) is 0 Å². The number of hydrogen-bond acceptors (Lipinski definition) is 0. The molecule has 1 aliphatic rings. The van der Waals surface area contributed by atoms with Gasteiger partial charge in [0.1, 0.15) is 0 Å². The minimum atomic E-state index is 0.567. The van der Waals surface area contributed by atoms with Crippen molar-refractivity contribution in [3.05, 3.63) is 154 Å². The zero-order valence-electron chi connectivity index (χ0n) is 27.0. The molecule has 0 N–H and O–H groups in total. The summed E-state index contributed by atoms with van der Waals surface area (Å²) in [6, 6.07) is 0. The molecule has 0 aromatic rings. The van der Waals surface area contributed by atoms with E-state index in [1.807, 2.05) is 0 Å². The molecule has 2 atom stereocenters. The van der Waals surface area contributed by atoms with Crippen molar-refractivity contribution in [1.82, 2.24) is 0 Å². The van der Waals surface area contributed by atoms with Crippen molar-refractivity contribution in [3.63, 3.8) is 0 Å². The van der Waals surface area contributed by atoms with Gasteiger partial charge in [-0.15, -0.1) is 0 Å². The lowest BCUT2D eigenvalue weighted by Crippen LogP contribution is -2.12. The highest BCUT2D eigenvalue weighted by molar-refractivity contribution is 5.40. The van der Waals surface area contributed by atoms with E-state index in [2.05, 4.69) is 179 Å². The average Bonchev–Trinajstić information content (AvgIpc) is 2.88. The molecule has 0 aromatic heterocycles. The molecule has 40 heavy (non-hydrogen) atoms. The minimum absolute atomic E-state index is 0.567. The first-order valence-electron chi connectivity index (χ1n) is 14.8. The molecule has 0 saturated carbocycles. The normalized spacial score (nSPS) is 20.5. The van der Waals surface area contributed by atoms with Crippen LogP contribution in [0.3, 0.4) is 0 Å². The van der Waals surface area contributed by atoms with E-state index in [1.165, 1.54) is 44.6 Å². The van der Waals surface area contributed by atoms with E-state index in [0.717, 1.165) is 12.8 Å². The second-order valence-electron chi connectivity index (χ2n) is 11.4. The summed E-state index contributed by atoms with van der Waals surface area (Å²) in [5, 5.41) is 0. The Bertz CT molecular complexity index is 1210. The summed E-state index contributed by atoms with van der Waals surface area (Å²) >= 11 is 0. The fraction of sp³-hybridized carbons (Fsp3) is 0.350. The van der Waals surface area contributed by atoms with E-state index < -0.39 is 0 Å². The molecular weight excluding hydrogens is 480 g/mol. The first kappa shape index (κ1) is 34.6. The van der Waals surface area contributed by atoms with Gasteiger partial charge in [0.05, 0.1) is 0 Å². The Morgan fingerprint density at radius 1 is 0.650 bits per heavy atom. The highest BCUT2D eigenvalue weighted by Crippen LogP contribution is 2.30. The van der Waals surface area contributed by atoms with Crippen molar-refractivity contribution in [2.24, 2.45) is 11.8 Å². The number of rotatable bonds is 13. The smallest absolute Gasteiger partial charge is 0.0127 e. The minimum Gasteiger partial charge on any atom is -0.0856 e. The lowest BCUT2D eigenvalue weighted by Gasteiger charge is -2.24. The fourth-order valence-electron chi connectivity index (χ4n) is 4.08. The monoisotopic (exact) mass is 534 g/mol. The van der Waals surface area contributed by atoms with Gasteiger partial charge < -0.3 is 0 Å². The van der Waals surface area contributed by atoms with Crippen molar-refractivity contribution in [3.8, 4) is 0 Å². The molecule has 214 valence electrons. The molecule has 0 heterocycles. The van der Waals surface area contributed by atoms with Crippen LogP contribution in [0.5, 0.6) is 0 Å². The maximum Gasteiger partial charge on any atom is -0.0127 e. The maximum atomic E-state index is 2.32. The van der Waals surface area contributed by atoms with E-state index in [1.54, 1.807) is 0 Å². The molecule has 0 spiro atoms. The Kier molecular flexibility index (Phi) is 17.0. The molecule has 0 radical (unpaired) electrons. The summed E-state index contributed by atoms with van der Waals surface area (Å²) in [6.07, 6.45) is 41.4. The number of hydrogen-bond donors (Lipinski definition) is 0. The predicted octanol–water partition coefficient (Wildman–Crippen LogP) is 12.4. The quantitative estimate of drug-likeness (QED) is 0.163. The summed E-state index contributed by atoms with van der Waals surface area (Å²) in [5.41, 5.74) is 10.5. The third-order valence-electron chi connectivity index (χ3n) is 7.01. The van der Waals surface area contributed by atoms with Gasteiger partial charge in [-0.25, -0.2) is 0 Å². The second kappa shape index (κ2) is 19.6. The van der Waals surface area contributed by atoms with Gasteiger partial charge in [-0.2, -0.15) is 0 Å². The van der Waals surface area contributed by atoms with Crippen molar-refractivity contribution in [2.45, 2.75) is 82.1 Å². The Labute approximate surface area is 247 Å². The van der Waals surface area contributed by atoms with Crippen LogP contribution in [0.1, 0.15) is 82.1 Å². The zero-order valence-corrected chi connectivity index (χ0v) is 27.0.